The smallest absolute Gasteiger partial charge is 0.306 e. The van der Waals surface area contributed by atoms with E-state index >= 15 is 0 Å². The van der Waals surface area contributed by atoms with Crippen LogP contribution in [0.4, 0.5) is 4.39 Å². The van der Waals surface area contributed by atoms with E-state index in [1.807, 2.05) is 0 Å². The van der Waals surface area contributed by atoms with E-state index in [1.54, 1.807) is 17.8 Å². The van der Waals surface area contributed by atoms with Gasteiger partial charge in [0, 0.05) is 11.3 Å². The molecule has 0 radical (unpaired) electrons. The van der Waals surface area contributed by atoms with E-state index in [0.717, 1.165) is 18.6 Å². The minimum Gasteiger partial charge on any atom is -0.469 e. The number of halogens is 1. The Bertz CT molecular complexity index is 558. The first kappa shape index (κ1) is 15.8. The van der Waals surface area contributed by atoms with Gasteiger partial charge in [0.2, 0.25) is 5.91 Å². The summed E-state index contributed by atoms with van der Waals surface area (Å²) in [6.45, 7) is 0. The zero-order valence-electron chi connectivity index (χ0n) is 11.9. The van der Waals surface area contributed by atoms with Crippen molar-refractivity contribution in [2.24, 2.45) is 11.1 Å². The number of carbonyl (C=O) groups is 2. The lowest BCUT2D eigenvalue weighted by Crippen LogP contribution is -2.13. The van der Waals surface area contributed by atoms with Crippen molar-refractivity contribution in [3.8, 4) is 0 Å². The van der Waals surface area contributed by atoms with Gasteiger partial charge in [0.1, 0.15) is 5.82 Å². The van der Waals surface area contributed by atoms with Crippen molar-refractivity contribution in [3.63, 3.8) is 0 Å². The number of esters is 1. The fraction of sp³-hybridized carbons (Fsp3) is 0.467. The third-order valence-electron chi connectivity index (χ3n) is 3.71. The minimum atomic E-state index is -0.636. The number of primary amides is 1. The molecule has 1 aliphatic rings. The van der Waals surface area contributed by atoms with Gasteiger partial charge in [-0.25, -0.2) is 4.39 Å². The van der Waals surface area contributed by atoms with E-state index in [2.05, 4.69) is 0 Å². The molecule has 2 N–H and O–H groups in total. The minimum absolute atomic E-state index is 0.0292. The zero-order valence-corrected chi connectivity index (χ0v) is 12.7. The number of benzene rings is 1. The third kappa shape index (κ3) is 4.20. The third-order valence-corrected chi connectivity index (χ3v) is 5.04. The Morgan fingerprint density at radius 3 is 2.67 bits per heavy atom. The van der Waals surface area contributed by atoms with Crippen molar-refractivity contribution in [2.45, 2.75) is 25.0 Å². The van der Waals surface area contributed by atoms with Crippen molar-refractivity contribution in [3.05, 3.63) is 35.1 Å². The van der Waals surface area contributed by atoms with E-state index in [1.165, 1.54) is 19.2 Å². The van der Waals surface area contributed by atoms with Crippen LogP contribution in [0.2, 0.25) is 0 Å². The molecule has 2 rings (SSSR count). The first-order chi connectivity index (χ1) is 9.96. The molecule has 21 heavy (non-hydrogen) atoms. The van der Waals surface area contributed by atoms with Gasteiger partial charge in [-0.05, 0) is 41.7 Å². The first-order valence-electron chi connectivity index (χ1n) is 6.68. The summed E-state index contributed by atoms with van der Waals surface area (Å²) in [5.74, 6) is 0.0669. The van der Waals surface area contributed by atoms with Crippen LogP contribution < -0.4 is 5.73 Å². The molecule has 114 valence electrons. The standard InChI is InChI=1S/C15H18FNO3S/c1-20-13(18)7-15(4-5-15)9-21-8-11-3-2-10(14(17)19)6-12(11)16/h2-3,6H,4-5,7-9H2,1H3,(H2,17,19). The van der Waals surface area contributed by atoms with Gasteiger partial charge in [0.05, 0.1) is 13.5 Å². The molecule has 1 saturated carbocycles. The number of carbonyl (C=O) groups excluding carboxylic acids is 2. The SMILES string of the molecule is COC(=O)CC1(CSCc2ccc(C(N)=O)cc2F)CC1. The van der Waals surface area contributed by atoms with E-state index in [-0.39, 0.29) is 16.9 Å². The molecule has 0 aliphatic heterocycles. The monoisotopic (exact) mass is 311 g/mol. The summed E-state index contributed by atoms with van der Waals surface area (Å²) in [5.41, 5.74) is 5.84. The highest BCUT2D eigenvalue weighted by atomic mass is 32.2. The number of methoxy groups -OCH3 is 1. The molecule has 0 bridgehead atoms. The number of hydrogen-bond acceptors (Lipinski definition) is 4. The Kier molecular flexibility index (Phi) is 4.88. The Labute approximate surface area is 127 Å². The first-order valence-corrected chi connectivity index (χ1v) is 7.84. The van der Waals surface area contributed by atoms with Crippen molar-refractivity contribution >= 4 is 23.6 Å². The van der Waals surface area contributed by atoms with Gasteiger partial charge >= 0.3 is 5.97 Å². The molecular formula is C15H18FNO3S. The number of hydrogen-bond donors (Lipinski definition) is 1. The lowest BCUT2D eigenvalue weighted by atomic mass is 10.1. The largest absolute Gasteiger partial charge is 0.469 e. The summed E-state index contributed by atoms with van der Waals surface area (Å²) in [6, 6.07) is 4.28. The predicted molar refractivity (Wildman–Crippen MR) is 79.4 cm³/mol. The number of amides is 1. The molecule has 6 heteroatoms. The maximum absolute atomic E-state index is 13.8. The van der Waals surface area contributed by atoms with Crippen LogP contribution in [0, 0.1) is 11.2 Å². The lowest BCUT2D eigenvalue weighted by molar-refractivity contribution is -0.141. The molecule has 0 spiro atoms. The fourth-order valence-corrected chi connectivity index (χ4v) is 3.50. The molecule has 0 atom stereocenters. The highest BCUT2D eigenvalue weighted by molar-refractivity contribution is 7.98. The summed E-state index contributed by atoms with van der Waals surface area (Å²) >= 11 is 1.59. The fourth-order valence-electron chi connectivity index (χ4n) is 2.12. The van der Waals surface area contributed by atoms with Crippen LogP contribution in [0.25, 0.3) is 0 Å². The Balaban J connectivity index is 1.86. The molecular weight excluding hydrogens is 293 g/mol. The molecule has 1 fully saturated rings. The van der Waals surface area contributed by atoms with E-state index < -0.39 is 11.7 Å². The topological polar surface area (TPSA) is 69.4 Å². The molecule has 4 nitrogen and oxygen atoms in total. The van der Waals surface area contributed by atoms with Crippen molar-refractivity contribution in [1.82, 2.24) is 0 Å². The van der Waals surface area contributed by atoms with Gasteiger partial charge in [-0.3, -0.25) is 9.59 Å². The van der Waals surface area contributed by atoms with Crippen LogP contribution in [-0.4, -0.2) is 24.7 Å². The second kappa shape index (κ2) is 6.47. The number of rotatable bonds is 7. The van der Waals surface area contributed by atoms with E-state index in [4.69, 9.17) is 10.5 Å². The van der Waals surface area contributed by atoms with Gasteiger partial charge in [-0.2, -0.15) is 11.8 Å². The molecule has 0 aromatic heterocycles. The summed E-state index contributed by atoms with van der Waals surface area (Å²) in [5, 5.41) is 0. The van der Waals surface area contributed by atoms with Crippen LogP contribution in [-0.2, 0) is 15.3 Å². The number of ether oxygens (including phenoxy) is 1. The van der Waals surface area contributed by atoms with Crippen LogP contribution in [0.15, 0.2) is 18.2 Å². The normalized spacial score (nSPS) is 15.5. The molecule has 1 aromatic rings. The average Bonchev–Trinajstić information content (AvgIpc) is 3.20. The molecule has 1 aromatic carbocycles. The van der Waals surface area contributed by atoms with Gasteiger partial charge in [0.25, 0.3) is 0 Å². The molecule has 0 heterocycles. The average molecular weight is 311 g/mol. The Morgan fingerprint density at radius 1 is 1.43 bits per heavy atom. The molecule has 0 saturated heterocycles. The number of thioether (sulfide) groups is 1. The number of nitrogens with two attached hydrogens (primary N) is 1. The van der Waals surface area contributed by atoms with Crippen molar-refractivity contribution < 1.29 is 18.7 Å². The summed E-state index contributed by atoms with van der Waals surface area (Å²) in [7, 11) is 1.39. The van der Waals surface area contributed by atoms with Gasteiger partial charge in [0.15, 0.2) is 0 Å². The van der Waals surface area contributed by atoms with Crippen molar-refractivity contribution in [1.29, 1.82) is 0 Å². The van der Waals surface area contributed by atoms with Crippen LogP contribution in [0.1, 0.15) is 35.2 Å². The predicted octanol–water partition coefficient (Wildman–Crippen LogP) is 2.50. The summed E-state index contributed by atoms with van der Waals surface area (Å²) in [6.07, 6.45) is 2.45. The van der Waals surface area contributed by atoms with Crippen LogP contribution in [0.3, 0.4) is 0 Å². The van der Waals surface area contributed by atoms with Crippen LogP contribution >= 0.6 is 11.8 Å². The van der Waals surface area contributed by atoms with E-state index in [0.29, 0.717) is 17.7 Å². The van der Waals surface area contributed by atoms with Gasteiger partial charge in [-0.1, -0.05) is 6.07 Å². The summed E-state index contributed by atoms with van der Waals surface area (Å²) < 4.78 is 18.5. The highest BCUT2D eigenvalue weighted by Crippen LogP contribution is 2.51. The maximum Gasteiger partial charge on any atom is 0.306 e. The molecule has 1 aliphatic carbocycles. The zero-order chi connectivity index (χ0) is 15.5. The second-order valence-electron chi connectivity index (χ2n) is 5.42. The highest BCUT2D eigenvalue weighted by Gasteiger charge is 2.44. The second-order valence-corrected chi connectivity index (χ2v) is 6.40. The van der Waals surface area contributed by atoms with E-state index in [9.17, 15) is 14.0 Å². The lowest BCUT2D eigenvalue weighted by Gasteiger charge is -2.13. The molecule has 1 amide bonds. The molecule has 0 unspecified atom stereocenters. The Hall–Kier alpha value is -1.56. The van der Waals surface area contributed by atoms with Crippen molar-refractivity contribution in [2.75, 3.05) is 12.9 Å². The maximum atomic E-state index is 13.8. The summed E-state index contributed by atoms with van der Waals surface area (Å²) in [4.78, 5) is 22.3. The van der Waals surface area contributed by atoms with Gasteiger partial charge < -0.3 is 10.5 Å². The van der Waals surface area contributed by atoms with Gasteiger partial charge in [-0.15, -0.1) is 0 Å². The Morgan fingerprint density at radius 2 is 2.14 bits per heavy atom. The quantitative estimate of drug-likeness (QED) is 0.786. The van der Waals surface area contributed by atoms with Crippen LogP contribution in [0.5, 0.6) is 0 Å².